The number of carbonyl (C=O) groups is 1. The average Bonchev–Trinajstić information content (AvgIpc) is 2.88. The lowest BCUT2D eigenvalue weighted by molar-refractivity contribution is -0.137. The molecule has 3 rings (SSSR count). The highest BCUT2D eigenvalue weighted by Crippen LogP contribution is 2.46. The van der Waals surface area contributed by atoms with Gasteiger partial charge in [-0.1, -0.05) is 12.1 Å². The monoisotopic (exact) mass is 341 g/mol. The van der Waals surface area contributed by atoms with E-state index >= 15 is 0 Å². The lowest BCUT2D eigenvalue weighted by Gasteiger charge is -2.48. The van der Waals surface area contributed by atoms with Gasteiger partial charge in [0.1, 0.15) is 0 Å². The Labute approximate surface area is 139 Å². The van der Waals surface area contributed by atoms with Gasteiger partial charge in [-0.15, -0.1) is 0 Å². The molecular formula is C17H22F3N3O. The number of nitrogens with zero attached hydrogens (tertiary/aromatic N) is 1. The van der Waals surface area contributed by atoms with Crippen molar-refractivity contribution < 1.29 is 18.0 Å². The van der Waals surface area contributed by atoms with Crippen molar-refractivity contribution in [3.8, 4) is 0 Å². The predicted molar refractivity (Wildman–Crippen MR) is 84.5 cm³/mol. The first-order valence-corrected chi connectivity index (χ1v) is 8.08. The summed E-state index contributed by atoms with van der Waals surface area (Å²) in [4.78, 5) is 13.5. The molecule has 1 spiro atoms. The fourth-order valence-electron chi connectivity index (χ4n) is 4.00. The molecule has 0 radical (unpaired) electrons. The molecule has 2 amide bonds. The van der Waals surface area contributed by atoms with Crippen LogP contribution >= 0.6 is 0 Å². The van der Waals surface area contributed by atoms with Gasteiger partial charge in [-0.05, 0) is 57.5 Å². The number of hydrogen-bond acceptors (Lipinski definition) is 2. The zero-order chi connectivity index (χ0) is 17.6. The molecule has 4 nitrogen and oxygen atoms in total. The van der Waals surface area contributed by atoms with Crippen molar-refractivity contribution in [3.05, 3.63) is 35.4 Å². The smallest absolute Gasteiger partial charge is 0.336 e. The van der Waals surface area contributed by atoms with E-state index in [1.54, 1.807) is 6.07 Å². The summed E-state index contributed by atoms with van der Waals surface area (Å²) in [6, 6.07) is 5.47. The normalized spacial score (nSPS) is 30.5. The van der Waals surface area contributed by atoms with Gasteiger partial charge in [-0.3, -0.25) is 4.90 Å². The number of benzene rings is 1. The van der Waals surface area contributed by atoms with Gasteiger partial charge in [0.25, 0.3) is 0 Å². The van der Waals surface area contributed by atoms with Gasteiger partial charge in [0.05, 0.1) is 11.1 Å². The highest BCUT2D eigenvalue weighted by atomic mass is 19.4. The minimum absolute atomic E-state index is 0.161. The summed E-state index contributed by atoms with van der Waals surface area (Å²) in [5.74, 6) is 0. The van der Waals surface area contributed by atoms with Crippen molar-refractivity contribution in [1.82, 2.24) is 15.5 Å². The summed E-state index contributed by atoms with van der Waals surface area (Å²) in [6.07, 6.45) is -1.48. The van der Waals surface area contributed by atoms with E-state index in [9.17, 15) is 18.0 Å². The molecule has 1 heterocycles. The third-order valence-corrected chi connectivity index (χ3v) is 5.58. The maximum Gasteiger partial charge on any atom is 0.416 e. The van der Waals surface area contributed by atoms with Crippen LogP contribution in [0.5, 0.6) is 0 Å². The van der Waals surface area contributed by atoms with Crippen LogP contribution in [0.3, 0.4) is 0 Å². The molecule has 1 aromatic carbocycles. The SMILES string of the molecule is CN(C)C1(c2cccc(C(F)(F)F)c2)CCC2(CC1)CNC(=O)N2. The lowest BCUT2D eigenvalue weighted by atomic mass is 9.68. The Morgan fingerprint density at radius 2 is 1.79 bits per heavy atom. The number of amides is 2. The number of hydrogen-bond donors (Lipinski definition) is 2. The van der Waals surface area contributed by atoms with Gasteiger partial charge < -0.3 is 10.6 Å². The van der Waals surface area contributed by atoms with Gasteiger partial charge >= 0.3 is 12.2 Å². The summed E-state index contributed by atoms with van der Waals surface area (Å²) in [6.45, 7) is 0.581. The van der Waals surface area contributed by atoms with E-state index in [1.807, 2.05) is 19.0 Å². The van der Waals surface area contributed by atoms with E-state index < -0.39 is 17.3 Å². The minimum Gasteiger partial charge on any atom is -0.336 e. The maximum atomic E-state index is 13.1. The van der Waals surface area contributed by atoms with Crippen molar-refractivity contribution in [3.63, 3.8) is 0 Å². The molecule has 0 unspecified atom stereocenters. The number of nitrogens with one attached hydrogen (secondary N) is 2. The lowest BCUT2D eigenvalue weighted by Crippen LogP contribution is -2.54. The summed E-state index contributed by atoms with van der Waals surface area (Å²) in [5.41, 5.74) is -0.635. The van der Waals surface area contributed by atoms with Crippen LogP contribution in [0, 0.1) is 0 Å². The molecule has 7 heteroatoms. The van der Waals surface area contributed by atoms with Crippen LogP contribution in [0.4, 0.5) is 18.0 Å². The van der Waals surface area contributed by atoms with E-state index in [2.05, 4.69) is 10.6 Å². The Kier molecular flexibility index (Phi) is 4.02. The second-order valence-corrected chi connectivity index (χ2v) is 7.09. The van der Waals surface area contributed by atoms with Crippen molar-refractivity contribution in [2.24, 2.45) is 0 Å². The minimum atomic E-state index is -4.34. The molecule has 1 saturated carbocycles. The number of carbonyl (C=O) groups excluding carboxylic acids is 1. The average molecular weight is 341 g/mol. The predicted octanol–water partition coefficient (Wildman–Crippen LogP) is 3.09. The summed E-state index contributed by atoms with van der Waals surface area (Å²) < 4.78 is 39.2. The first-order chi connectivity index (χ1) is 11.2. The summed E-state index contributed by atoms with van der Waals surface area (Å²) >= 11 is 0. The van der Waals surface area contributed by atoms with Crippen molar-refractivity contribution in [2.75, 3.05) is 20.6 Å². The largest absolute Gasteiger partial charge is 0.416 e. The van der Waals surface area contributed by atoms with E-state index in [1.165, 1.54) is 12.1 Å². The van der Waals surface area contributed by atoms with Crippen molar-refractivity contribution >= 4 is 6.03 Å². The van der Waals surface area contributed by atoms with Gasteiger partial charge in [0.2, 0.25) is 0 Å². The van der Waals surface area contributed by atoms with Gasteiger partial charge in [-0.25, -0.2) is 4.79 Å². The summed E-state index contributed by atoms with van der Waals surface area (Å²) in [7, 11) is 3.81. The van der Waals surface area contributed by atoms with Crippen LogP contribution < -0.4 is 10.6 Å². The third-order valence-electron chi connectivity index (χ3n) is 5.58. The highest BCUT2D eigenvalue weighted by molar-refractivity contribution is 5.77. The fourth-order valence-corrected chi connectivity index (χ4v) is 4.00. The van der Waals surface area contributed by atoms with E-state index in [0.29, 0.717) is 24.9 Å². The number of urea groups is 1. The zero-order valence-electron chi connectivity index (χ0n) is 13.8. The van der Waals surface area contributed by atoms with E-state index in [0.717, 1.165) is 18.9 Å². The van der Waals surface area contributed by atoms with Crippen LogP contribution in [0.1, 0.15) is 36.8 Å². The zero-order valence-corrected chi connectivity index (χ0v) is 13.8. The molecule has 2 fully saturated rings. The molecule has 1 aliphatic carbocycles. The van der Waals surface area contributed by atoms with Gasteiger partial charge in [-0.2, -0.15) is 13.2 Å². The molecule has 0 bridgehead atoms. The van der Waals surface area contributed by atoms with E-state index in [4.69, 9.17) is 0 Å². The van der Waals surface area contributed by atoms with Crippen LogP contribution in [0.15, 0.2) is 24.3 Å². The molecule has 0 atom stereocenters. The van der Waals surface area contributed by atoms with Gasteiger partial charge in [0, 0.05) is 12.1 Å². The topological polar surface area (TPSA) is 44.4 Å². The van der Waals surface area contributed by atoms with Crippen LogP contribution in [0.2, 0.25) is 0 Å². The van der Waals surface area contributed by atoms with E-state index in [-0.39, 0.29) is 11.6 Å². The van der Waals surface area contributed by atoms with Gasteiger partial charge in [0.15, 0.2) is 0 Å². The Morgan fingerprint density at radius 1 is 1.12 bits per heavy atom. The molecule has 2 N–H and O–H groups in total. The van der Waals surface area contributed by atoms with Crippen LogP contribution in [0.25, 0.3) is 0 Å². The molecular weight excluding hydrogens is 319 g/mol. The molecule has 1 aliphatic heterocycles. The molecule has 132 valence electrons. The van der Waals surface area contributed by atoms with Crippen LogP contribution in [-0.4, -0.2) is 37.1 Å². The molecule has 24 heavy (non-hydrogen) atoms. The Morgan fingerprint density at radius 3 is 2.29 bits per heavy atom. The van der Waals surface area contributed by atoms with Crippen LogP contribution in [-0.2, 0) is 11.7 Å². The standard InChI is InChI=1S/C17H22F3N3O/c1-23(2)16(12-4-3-5-13(10-12)17(18,19)20)8-6-15(7-9-16)11-21-14(24)22-15/h3-5,10H,6-9,11H2,1-2H3,(H2,21,22,24). The molecule has 1 aromatic rings. The maximum absolute atomic E-state index is 13.1. The van der Waals surface area contributed by atoms with Crippen molar-refractivity contribution in [1.29, 1.82) is 0 Å². The fraction of sp³-hybridized carbons (Fsp3) is 0.588. The molecule has 0 aromatic heterocycles. The second kappa shape index (κ2) is 5.65. The number of rotatable bonds is 2. The molecule has 2 aliphatic rings. The highest BCUT2D eigenvalue weighted by Gasteiger charge is 2.48. The Bertz CT molecular complexity index is 634. The first-order valence-electron chi connectivity index (χ1n) is 8.08. The Balaban J connectivity index is 1.90. The first kappa shape index (κ1) is 17.1. The quantitative estimate of drug-likeness (QED) is 0.868. The molecule has 1 saturated heterocycles. The number of alkyl halides is 3. The summed E-state index contributed by atoms with van der Waals surface area (Å²) in [5, 5.41) is 5.78. The third kappa shape index (κ3) is 2.85. The van der Waals surface area contributed by atoms with Crippen molar-refractivity contribution in [2.45, 2.75) is 42.9 Å². The Hall–Kier alpha value is -1.76. The number of halogens is 3. The second-order valence-electron chi connectivity index (χ2n) is 7.09.